The Balaban J connectivity index is 2.25. The maximum Gasteiger partial charge on any atom is 0.227 e. The summed E-state index contributed by atoms with van der Waals surface area (Å²) in [7, 11) is 5.89. The molecule has 0 N–H and O–H groups in total. The highest BCUT2D eigenvalue weighted by atomic mass is 35.5. The number of benzene rings is 2. The van der Waals surface area contributed by atoms with E-state index >= 15 is 0 Å². The van der Waals surface area contributed by atoms with E-state index in [0.29, 0.717) is 33.0 Å². The van der Waals surface area contributed by atoms with Crippen LogP contribution in [0.15, 0.2) is 34.7 Å². The number of hydrogen-bond donors (Lipinski definition) is 0. The van der Waals surface area contributed by atoms with Gasteiger partial charge in [-0.15, -0.1) is 0 Å². The maximum absolute atomic E-state index is 10.8. The van der Waals surface area contributed by atoms with Gasteiger partial charge in [0.15, 0.2) is 5.58 Å². The molecule has 0 amide bonds. The molecule has 3 aromatic rings. The number of oxazole rings is 1. The summed E-state index contributed by atoms with van der Waals surface area (Å²) in [5.41, 5.74) is 3.86. The zero-order valence-corrected chi connectivity index (χ0v) is 11.4. The molecular formula is C15H9BClNO2. The van der Waals surface area contributed by atoms with Gasteiger partial charge in [-0.25, -0.2) is 4.98 Å². The fourth-order valence-electron chi connectivity index (χ4n) is 2.08. The molecule has 96 valence electrons. The zero-order valence-electron chi connectivity index (χ0n) is 10.7. The van der Waals surface area contributed by atoms with Gasteiger partial charge in [-0.2, -0.15) is 0 Å². The van der Waals surface area contributed by atoms with Crippen LogP contribution in [0.1, 0.15) is 15.9 Å². The molecule has 0 saturated heterocycles. The molecule has 1 aromatic heterocycles. The van der Waals surface area contributed by atoms with Gasteiger partial charge in [0.2, 0.25) is 5.89 Å². The summed E-state index contributed by atoms with van der Waals surface area (Å²) in [5.74, 6) is 0.440. The smallest absolute Gasteiger partial charge is 0.227 e. The highest BCUT2D eigenvalue weighted by molar-refractivity contribution is 6.35. The van der Waals surface area contributed by atoms with E-state index in [1.807, 2.05) is 25.1 Å². The third-order valence-corrected chi connectivity index (χ3v) is 3.49. The Morgan fingerprint density at radius 3 is 2.90 bits per heavy atom. The molecule has 2 radical (unpaired) electrons. The summed E-state index contributed by atoms with van der Waals surface area (Å²) in [6.45, 7) is 1.90. The van der Waals surface area contributed by atoms with Crippen molar-refractivity contribution in [2.24, 2.45) is 0 Å². The lowest BCUT2D eigenvalue weighted by molar-refractivity contribution is 0.112. The van der Waals surface area contributed by atoms with Crippen LogP contribution in [0, 0.1) is 6.92 Å². The van der Waals surface area contributed by atoms with Gasteiger partial charge in [0, 0.05) is 11.1 Å². The van der Waals surface area contributed by atoms with Crippen molar-refractivity contribution in [2.45, 2.75) is 6.92 Å². The largest absolute Gasteiger partial charge is 0.435 e. The van der Waals surface area contributed by atoms with E-state index in [-0.39, 0.29) is 0 Å². The molecule has 0 aliphatic heterocycles. The van der Waals surface area contributed by atoms with Crippen LogP contribution in [0.5, 0.6) is 0 Å². The first kappa shape index (κ1) is 12.9. The lowest BCUT2D eigenvalue weighted by Crippen LogP contribution is -2.07. The van der Waals surface area contributed by atoms with Gasteiger partial charge in [0.25, 0.3) is 0 Å². The summed E-state index contributed by atoms with van der Waals surface area (Å²) in [6, 6.07) is 8.73. The third-order valence-electron chi connectivity index (χ3n) is 3.21. The van der Waals surface area contributed by atoms with E-state index in [0.717, 1.165) is 17.4 Å². The first-order chi connectivity index (χ1) is 9.60. The molecule has 0 bridgehead atoms. The highest BCUT2D eigenvalue weighted by Crippen LogP contribution is 2.30. The minimum atomic E-state index is 0.366. The van der Waals surface area contributed by atoms with Crippen molar-refractivity contribution in [3.05, 3.63) is 46.5 Å². The Hall–Kier alpha value is -2.07. The topological polar surface area (TPSA) is 43.1 Å². The normalized spacial score (nSPS) is 10.9. The van der Waals surface area contributed by atoms with Crippen molar-refractivity contribution >= 4 is 42.3 Å². The Morgan fingerprint density at radius 1 is 1.35 bits per heavy atom. The molecule has 20 heavy (non-hydrogen) atoms. The fourth-order valence-corrected chi connectivity index (χ4v) is 2.34. The van der Waals surface area contributed by atoms with Gasteiger partial charge in [-0.05, 0) is 30.7 Å². The third kappa shape index (κ3) is 2.02. The van der Waals surface area contributed by atoms with Crippen molar-refractivity contribution < 1.29 is 9.21 Å². The Morgan fingerprint density at radius 2 is 2.15 bits per heavy atom. The van der Waals surface area contributed by atoms with Crippen LogP contribution in [0.4, 0.5) is 0 Å². The summed E-state index contributed by atoms with van der Waals surface area (Å²) >= 11 is 6.10. The van der Waals surface area contributed by atoms with Gasteiger partial charge < -0.3 is 4.42 Å². The average molecular weight is 282 g/mol. The molecule has 0 fully saturated rings. The fraction of sp³-hybridized carbons (Fsp3) is 0.0667. The van der Waals surface area contributed by atoms with Crippen LogP contribution in [0.2, 0.25) is 5.02 Å². The number of fused-ring (bicyclic) bond motifs is 1. The monoisotopic (exact) mass is 281 g/mol. The number of carbonyl (C=O) groups excluding carboxylic acids is 1. The SMILES string of the molecule is [B]c1cccc(-c2nc3cc(C=O)cc(Cl)c3o2)c1C. The van der Waals surface area contributed by atoms with Crippen LogP contribution in [0.25, 0.3) is 22.6 Å². The molecule has 0 aliphatic carbocycles. The van der Waals surface area contributed by atoms with Crippen molar-refractivity contribution in [3.8, 4) is 11.5 Å². The van der Waals surface area contributed by atoms with Crippen molar-refractivity contribution in [2.75, 3.05) is 0 Å². The Labute approximate surface area is 122 Å². The molecule has 0 aliphatic rings. The molecule has 0 atom stereocenters. The van der Waals surface area contributed by atoms with Crippen LogP contribution >= 0.6 is 11.6 Å². The summed E-state index contributed by atoms with van der Waals surface area (Å²) in [5, 5.41) is 0.366. The highest BCUT2D eigenvalue weighted by Gasteiger charge is 2.14. The minimum absolute atomic E-state index is 0.366. The summed E-state index contributed by atoms with van der Waals surface area (Å²) < 4.78 is 5.71. The number of aromatic nitrogens is 1. The molecule has 0 saturated carbocycles. The van der Waals surface area contributed by atoms with E-state index in [4.69, 9.17) is 23.9 Å². The van der Waals surface area contributed by atoms with E-state index in [2.05, 4.69) is 4.98 Å². The van der Waals surface area contributed by atoms with Gasteiger partial charge in [0.05, 0.1) is 5.02 Å². The number of halogens is 1. The molecule has 3 rings (SSSR count). The number of carbonyl (C=O) groups is 1. The lowest BCUT2D eigenvalue weighted by atomic mass is 9.88. The van der Waals surface area contributed by atoms with Crippen molar-refractivity contribution in [1.29, 1.82) is 0 Å². The summed E-state index contributed by atoms with van der Waals surface area (Å²) in [6.07, 6.45) is 0.728. The Bertz CT molecular complexity index is 826. The molecule has 0 spiro atoms. The molecular weight excluding hydrogens is 272 g/mol. The standard InChI is InChI=1S/C15H9BClNO2/c1-8-10(3-2-4-11(8)16)15-18-13-6-9(7-19)5-12(17)14(13)20-15/h2-7H,1H3. The first-order valence-electron chi connectivity index (χ1n) is 6.01. The van der Waals surface area contributed by atoms with Crippen molar-refractivity contribution in [1.82, 2.24) is 4.98 Å². The quantitative estimate of drug-likeness (QED) is 0.535. The number of aldehydes is 1. The molecule has 3 nitrogen and oxygen atoms in total. The van der Waals surface area contributed by atoms with E-state index < -0.39 is 0 Å². The van der Waals surface area contributed by atoms with Gasteiger partial charge in [-0.1, -0.05) is 29.2 Å². The van der Waals surface area contributed by atoms with E-state index in [1.54, 1.807) is 12.1 Å². The van der Waals surface area contributed by atoms with E-state index in [1.165, 1.54) is 0 Å². The Kier molecular flexibility index (Phi) is 3.11. The van der Waals surface area contributed by atoms with Crippen LogP contribution in [-0.2, 0) is 0 Å². The predicted octanol–water partition coefficient (Wildman–Crippen LogP) is 3.06. The maximum atomic E-state index is 10.8. The lowest BCUT2D eigenvalue weighted by Gasteiger charge is -2.04. The molecule has 0 unspecified atom stereocenters. The second-order valence-electron chi connectivity index (χ2n) is 4.51. The number of rotatable bonds is 2. The van der Waals surface area contributed by atoms with Crippen LogP contribution < -0.4 is 5.46 Å². The van der Waals surface area contributed by atoms with E-state index in [9.17, 15) is 4.79 Å². The zero-order chi connectivity index (χ0) is 14.3. The molecule has 5 heteroatoms. The number of hydrogen-bond acceptors (Lipinski definition) is 3. The second kappa shape index (κ2) is 4.80. The number of nitrogens with zero attached hydrogens (tertiary/aromatic N) is 1. The predicted molar refractivity (Wildman–Crippen MR) is 80.0 cm³/mol. The van der Waals surface area contributed by atoms with Crippen molar-refractivity contribution in [3.63, 3.8) is 0 Å². The first-order valence-corrected chi connectivity index (χ1v) is 6.38. The van der Waals surface area contributed by atoms with Gasteiger partial charge in [-0.3, -0.25) is 4.79 Å². The summed E-state index contributed by atoms with van der Waals surface area (Å²) in [4.78, 5) is 15.2. The molecule has 2 aromatic carbocycles. The van der Waals surface area contributed by atoms with Gasteiger partial charge in [0.1, 0.15) is 19.6 Å². The van der Waals surface area contributed by atoms with Crippen LogP contribution in [-0.4, -0.2) is 19.1 Å². The molecule has 1 heterocycles. The van der Waals surface area contributed by atoms with Crippen LogP contribution in [0.3, 0.4) is 0 Å². The average Bonchev–Trinajstić information content (AvgIpc) is 2.86. The van der Waals surface area contributed by atoms with Gasteiger partial charge >= 0.3 is 0 Å². The second-order valence-corrected chi connectivity index (χ2v) is 4.91. The minimum Gasteiger partial charge on any atom is -0.435 e.